The standard InChI is InChI=1S/C17H21FN2O/c1-3-21-16-9-7-13(8-10-16)17(19)12-20(2)15-6-4-5-14(18)11-15/h4-11,17H,3,12,19H2,1-2H3. The van der Waals surface area contributed by atoms with E-state index in [1.807, 2.05) is 49.2 Å². The zero-order chi connectivity index (χ0) is 15.2. The second kappa shape index (κ2) is 7.09. The zero-order valence-corrected chi connectivity index (χ0v) is 12.4. The van der Waals surface area contributed by atoms with Gasteiger partial charge in [-0.1, -0.05) is 18.2 Å². The van der Waals surface area contributed by atoms with Crippen molar-refractivity contribution in [3.8, 4) is 5.75 Å². The van der Waals surface area contributed by atoms with Gasteiger partial charge in [0.1, 0.15) is 11.6 Å². The molecule has 1 unspecified atom stereocenters. The Morgan fingerprint density at radius 3 is 2.52 bits per heavy atom. The quantitative estimate of drug-likeness (QED) is 0.886. The van der Waals surface area contributed by atoms with E-state index in [0.29, 0.717) is 13.2 Å². The highest BCUT2D eigenvalue weighted by Gasteiger charge is 2.10. The lowest BCUT2D eigenvalue weighted by atomic mass is 10.1. The molecule has 3 nitrogen and oxygen atoms in total. The maximum Gasteiger partial charge on any atom is 0.125 e. The minimum atomic E-state index is -0.242. The summed E-state index contributed by atoms with van der Waals surface area (Å²) in [6.45, 7) is 3.21. The van der Waals surface area contributed by atoms with Crippen LogP contribution in [0.4, 0.5) is 10.1 Å². The summed E-state index contributed by atoms with van der Waals surface area (Å²) < 4.78 is 18.6. The third kappa shape index (κ3) is 4.20. The van der Waals surface area contributed by atoms with Gasteiger partial charge < -0.3 is 15.4 Å². The molecule has 0 aromatic heterocycles. The summed E-state index contributed by atoms with van der Waals surface area (Å²) in [4.78, 5) is 1.95. The van der Waals surface area contributed by atoms with Gasteiger partial charge in [-0.15, -0.1) is 0 Å². The molecule has 2 aromatic rings. The molecule has 4 heteroatoms. The highest BCUT2D eigenvalue weighted by atomic mass is 19.1. The van der Waals surface area contributed by atoms with Crippen molar-refractivity contribution >= 4 is 5.69 Å². The Kier molecular flexibility index (Phi) is 5.17. The van der Waals surface area contributed by atoms with Crippen LogP contribution in [0.1, 0.15) is 18.5 Å². The van der Waals surface area contributed by atoms with E-state index in [0.717, 1.165) is 17.0 Å². The average Bonchev–Trinajstić information content (AvgIpc) is 2.48. The Hall–Kier alpha value is -2.07. The molecule has 21 heavy (non-hydrogen) atoms. The fourth-order valence-corrected chi connectivity index (χ4v) is 2.20. The fourth-order valence-electron chi connectivity index (χ4n) is 2.20. The Balaban J connectivity index is 2.01. The SMILES string of the molecule is CCOc1ccc(C(N)CN(C)c2cccc(F)c2)cc1. The summed E-state index contributed by atoms with van der Waals surface area (Å²) in [5, 5.41) is 0. The zero-order valence-electron chi connectivity index (χ0n) is 12.4. The van der Waals surface area contributed by atoms with Gasteiger partial charge in [0.25, 0.3) is 0 Å². The summed E-state index contributed by atoms with van der Waals surface area (Å²) in [5.74, 6) is 0.598. The average molecular weight is 288 g/mol. The number of benzene rings is 2. The molecule has 0 fully saturated rings. The third-order valence-corrected chi connectivity index (χ3v) is 3.34. The lowest BCUT2D eigenvalue weighted by Crippen LogP contribution is -2.28. The van der Waals surface area contributed by atoms with Crippen molar-refractivity contribution in [3.05, 3.63) is 59.9 Å². The van der Waals surface area contributed by atoms with Gasteiger partial charge in [0, 0.05) is 25.3 Å². The summed E-state index contributed by atoms with van der Waals surface area (Å²) in [5.41, 5.74) is 8.06. The Morgan fingerprint density at radius 2 is 1.90 bits per heavy atom. The largest absolute Gasteiger partial charge is 0.494 e. The monoisotopic (exact) mass is 288 g/mol. The summed E-state index contributed by atoms with van der Waals surface area (Å²) in [7, 11) is 1.91. The molecule has 1 atom stereocenters. The van der Waals surface area contributed by atoms with Gasteiger partial charge in [-0.25, -0.2) is 4.39 Å². The molecule has 0 bridgehead atoms. The second-order valence-corrected chi connectivity index (χ2v) is 4.97. The minimum absolute atomic E-state index is 0.144. The van der Waals surface area contributed by atoms with E-state index in [2.05, 4.69) is 0 Å². The third-order valence-electron chi connectivity index (χ3n) is 3.34. The second-order valence-electron chi connectivity index (χ2n) is 4.97. The highest BCUT2D eigenvalue weighted by Crippen LogP contribution is 2.20. The number of rotatable bonds is 6. The van der Waals surface area contributed by atoms with Crippen LogP contribution in [0.2, 0.25) is 0 Å². The van der Waals surface area contributed by atoms with E-state index in [1.54, 1.807) is 6.07 Å². The molecule has 2 rings (SSSR count). The van der Waals surface area contributed by atoms with Crippen LogP contribution in [-0.4, -0.2) is 20.2 Å². The molecule has 0 aliphatic rings. The molecule has 0 heterocycles. The number of likely N-dealkylation sites (N-methyl/N-ethyl adjacent to an activating group) is 1. The van der Waals surface area contributed by atoms with Crippen molar-refractivity contribution in [2.45, 2.75) is 13.0 Å². The van der Waals surface area contributed by atoms with Crippen LogP contribution in [0.3, 0.4) is 0 Å². The molecule has 0 aliphatic heterocycles. The first kappa shape index (κ1) is 15.3. The van der Waals surface area contributed by atoms with Gasteiger partial charge in [-0.3, -0.25) is 0 Å². The molecule has 2 aromatic carbocycles. The first-order valence-corrected chi connectivity index (χ1v) is 7.05. The number of hydrogen-bond donors (Lipinski definition) is 1. The van der Waals surface area contributed by atoms with Crippen LogP contribution >= 0.6 is 0 Å². The Bertz CT molecular complexity index is 571. The molecule has 0 aliphatic carbocycles. The predicted octanol–water partition coefficient (Wildman–Crippen LogP) is 3.36. The van der Waals surface area contributed by atoms with Gasteiger partial charge >= 0.3 is 0 Å². The first-order valence-electron chi connectivity index (χ1n) is 7.05. The topological polar surface area (TPSA) is 38.5 Å². The fraction of sp³-hybridized carbons (Fsp3) is 0.294. The van der Waals surface area contributed by atoms with Gasteiger partial charge in [0.2, 0.25) is 0 Å². The Labute approximate surface area is 125 Å². The molecule has 0 saturated heterocycles. The number of nitrogens with two attached hydrogens (primary N) is 1. The lowest BCUT2D eigenvalue weighted by molar-refractivity contribution is 0.340. The maximum absolute atomic E-state index is 13.2. The van der Waals surface area contributed by atoms with Crippen LogP contribution in [0.15, 0.2) is 48.5 Å². The molecule has 0 saturated carbocycles. The lowest BCUT2D eigenvalue weighted by Gasteiger charge is -2.23. The van der Waals surface area contributed by atoms with Crippen LogP contribution < -0.4 is 15.4 Å². The van der Waals surface area contributed by atoms with Gasteiger partial charge in [-0.05, 0) is 42.8 Å². The van der Waals surface area contributed by atoms with E-state index in [-0.39, 0.29) is 11.9 Å². The predicted molar refractivity (Wildman–Crippen MR) is 84.2 cm³/mol. The van der Waals surface area contributed by atoms with Crippen LogP contribution in [-0.2, 0) is 0 Å². The van der Waals surface area contributed by atoms with E-state index >= 15 is 0 Å². The van der Waals surface area contributed by atoms with Crippen LogP contribution in [0.5, 0.6) is 5.75 Å². The highest BCUT2D eigenvalue weighted by molar-refractivity contribution is 5.46. The van der Waals surface area contributed by atoms with Crippen LogP contribution in [0.25, 0.3) is 0 Å². The molecule has 112 valence electrons. The minimum Gasteiger partial charge on any atom is -0.494 e. The number of anilines is 1. The maximum atomic E-state index is 13.2. The molecule has 2 N–H and O–H groups in total. The Morgan fingerprint density at radius 1 is 1.19 bits per heavy atom. The molecule has 0 spiro atoms. The van der Waals surface area contributed by atoms with Crippen molar-refractivity contribution in [1.82, 2.24) is 0 Å². The van der Waals surface area contributed by atoms with Crippen LogP contribution in [0, 0.1) is 5.82 Å². The first-order chi connectivity index (χ1) is 10.1. The van der Waals surface area contributed by atoms with E-state index in [1.165, 1.54) is 12.1 Å². The van der Waals surface area contributed by atoms with Gasteiger partial charge in [0.15, 0.2) is 0 Å². The molecular weight excluding hydrogens is 267 g/mol. The van der Waals surface area contributed by atoms with Crippen molar-refractivity contribution in [1.29, 1.82) is 0 Å². The summed E-state index contributed by atoms with van der Waals surface area (Å²) in [6, 6.07) is 14.1. The van der Waals surface area contributed by atoms with Gasteiger partial charge in [0.05, 0.1) is 6.61 Å². The van der Waals surface area contributed by atoms with Crippen molar-refractivity contribution < 1.29 is 9.13 Å². The van der Waals surface area contributed by atoms with E-state index in [9.17, 15) is 4.39 Å². The number of halogens is 1. The number of nitrogens with zero attached hydrogens (tertiary/aromatic N) is 1. The normalized spacial score (nSPS) is 12.0. The summed E-state index contributed by atoms with van der Waals surface area (Å²) in [6.07, 6.45) is 0. The van der Waals surface area contributed by atoms with Crippen molar-refractivity contribution in [3.63, 3.8) is 0 Å². The molecule has 0 radical (unpaired) electrons. The van der Waals surface area contributed by atoms with E-state index < -0.39 is 0 Å². The number of hydrogen-bond acceptors (Lipinski definition) is 3. The van der Waals surface area contributed by atoms with Gasteiger partial charge in [-0.2, -0.15) is 0 Å². The van der Waals surface area contributed by atoms with Crippen molar-refractivity contribution in [2.24, 2.45) is 5.73 Å². The number of ether oxygens (including phenoxy) is 1. The molecule has 0 amide bonds. The van der Waals surface area contributed by atoms with Crippen molar-refractivity contribution in [2.75, 3.05) is 25.1 Å². The smallest absolute Gasteiger partial charge is 0.125 e. The van der Waals surface area contributed by atoms with E-state index in [4.69, 9.17) is 10.5 Å². The molecular formula is C17H21FN2O. The summed E-state index contributed by atoms with van der Waals surface area (Å²) >= 11 is 0.